The third kappa shape index (κ3) is 8.27. The van der Waals surface area contributed by atoms with Crippen LogP contribution in [0.1, 0.15) is 90.2 Å². The molecule has 0 aliphatic carbocycles. The summed E-state index contributed by atoms with van der Waals surface area (Å²) >= 11 is 0. The molecule has 0 saturated carbocycles. The summed E-state index contributed by atoms with van der Waals surface area (Å²) in [5.74, 6) is 1.59. The van der Waals surface area contributed by atoms with Crippen molar-refractivity contribution in [2.24, 2.45) is 11.8 Å². The SMILES string of the molecule is CCCCC(CC)Cc1ccc(N(c2ccccc2)c2ccc(CC(CC)CCCC)cc2)cc1. The van der Waals surface area contributed by atoms with Gasteiger partial charge in [-0.1, -0.05) is 122 Å². The molecule has 3 aromatic rings. The smallest absolute Gasteiger partial charge is 0.0461 e. The number of unbranched alkanes of at least 4 members (excludes halogenated alkanes) is 2. The lowest BCUT2D eigenvalue weighted by molar-refractivity contribution is 0.449. The summed E-state index contributed by atoms with van der Waals surface area (Å²) in [5, 5.41) is 0. The van der Waals surface area contributed by atoms with Crippen molar-refractivity contribution in [1.82, 2.24) is 0 Å². The van der Waals surface area contributed by atoms with Crippen LogP contribution in [0.5, 0.6) is 0 Å². The topological polar surface area (TPSA) is 3.24 Å². The first-order valence-electron chi connectivity index (χ1n) is 14.2. The molecule has 188 valence electrons. The number of anilines is 3. The van der Waals surface area contributed by atoms with Gasteiger partial charge in [0.2, 0.25) is 0 Å². The summed E-state index contributed by atoms with van der Waals surface area (Å²) in [7, 11) is 0. The van der Waals surface area contributed by atoms with Gasteiger partial charge < -0.3 is 4.90 Å². The van der Waals surface area contributed by atoms with Crippen LogP contribution in [-0.2, 0) is 12.8 Å². The van der Waals surface area contributed by atoms with Gasteiger partial charge in [-0.05, 0) is 72.2 Å². The maximum atomic E-state index is 2.39. The van der Waals surface area contributed by atoms with E-state index in [0.717, 1.165) is 11.8 Å². The minimum atomic E-state index is 0.794. The third-order valence-corrected chi connectivity index (χ3v) is 7.54. The largest absolute Gasteiger partial charge is 0.311 e. The van der Waals surface area contributed by atoms with Gasteiger partial charge in [-0.25, -0.2) is 0 Å². The molecule has 2 atom stereocenters. The number of hydrogen-bond acceptors (Lipinski definition) is 1. The highest BCUT2D eigenvalue weighted by Crippen LogP contribution is 2.35. The van der Waals surface area contributed by atoms with Gasteiger partial charge in [0.25, 0.3) is 0 Å². The first-order chi connectivity index (χ1) is 17.2. The van der Waals surface area contributed by atoms with Crippen LogP contribution in [0.4, 0.5) is 17.1 Å². The molecule has 1 nitrogen and oxygen atoms in total. The fourth-order valence-electron chi connectivity index (χ4n) is 5.14. The van der Waals surface area contributed by atoms with E-state index in [1.54, 1.807) is 0 Å². The molecule has 3 aromatic carbocycles. The quantitative estimate of drug-likeness (QED) is 0.214. The van der Waals surface area contributed by atoms with Gasteiger partial charge in [-0.2, -0.15) is 0 Å². The van der Waals surface area contributed by atoms with E-state index in [1.165, 1.54) is 92.4 Å². The van der Waals surface area contributed by atoms with Crippen molar-refractivity contribution < 1.29 is 0 Å². The summed E-state index contributed by atoms with van der Waals surface area (Å²) in [4.78, 5) is 2.39. The molecule has 3 rings (SSSR count). The van der Waals surface area contributed by atoms with E-state index in [9.17, 15) is 0 Å². The van der Waals surface area contributed by atoms with Gasteiger partial charge in [0, 0.05) is 17.1 Å². The van der Waals surface area contributed by atoms with E-state index >= 15 is 0 Å². The van der Waals surface area contributed by atoms with E-state index in [4.69, 9.17) is 0 Å². The Kier molecular flexibility index (Phi) is 11.4. The predicted molar refractivity (Wildman–Crippen MR) is 155 cm³/mol. The average molecular weight is 470 g/mol. The number of benzene rings is 3. The Hall–Kier alpha value is -2.54. The standard InChI is InChI=1S/C34H47N/c1-5-9-14-28(7-3)26-30-18-22-33(23-19-30)35(32-16-12-11-13-17-32)34-24-20-31(21-25-34)27-29(8-4)15-10-6-2/h11-13,16-25,28-29H,5-10,14-15,26-27H2,1-4H3. The minimum Gasteiger partial charge on any atom is -0.311 e. The molecule has 2 unspecified atom stereocenters. The first-order valence-corrected chi connectivity index (χ1v) is 14.2. The highest BCUT2D eigenvalue weighted by Gasteiger charge is 2.14. The van der Waals surface area contributed by atoms with Crippen molar-refractivity contribution in [3.05, 3.63) is 90.0 Å². The van der Waals surface area contributed by atoms with Crippen LogP contribution >= 0.6 is 0 Å². The summed E-state index contributed by atoms with van der Waals surface area (Å²) in [6.07, 6.45) is 12.8. The second-order valence-electron chi connectivity index (χ2n) is 10.2. The first kappa shape index (κ1) is 27.1. The van der Waals surface area contributed by atoms with E-state index in [2.05, 4.69) is 111 Å². The molecule has 35 heavy (non-hydrogen) atoms. The zero-order valence-corrected chi connectivity index (χ0v) is 22.7. The van der Waals surface area contributed by atoms with Crippen LogP contribution in [-0.4, -0.2) is 0 Å². The van der Waals surface area contributed by atoms with Crippen LogP contribution in [0.3, 0.4) is 0 Å². The Morgan fingerprint density at radius 3 is 1.29 bits per heavy atom. The molecule has 0 heterocycles. The van der Waals surface area contributed by atoms with Crippen molar-refractivity contribution in [3.8, 4) is 0 Å². The fraction of sp³-hybridized carbons (Fsp3) is 0.471. The minimum absolute atomic E-state index is 0.794. The highest BCUT2D eigenvalue weighted by atomic mass is 15.1. The Bertz CT molecular complexity index is 881. The molecule has 0 bridgehead atoms. The Labute approximate surface area is 215 Å². The number of para-hydroxylation sites is 1. The second-order valence-corrected chi connectivity index (χ2v) is 10.2. The van der Waals surface area contributed by atoms with Gasteiger partial charge in [0.05, 0.1) is 0 Å². The summed E-state index contributed by atoms with van der Waals surface area (Å²) in [6, 6.07) is 29.4. The van der Waals surface area contributed by atoms with Crippen molar-refractivity contribution in [1.29, 1.82) is 0 Å². The maximum absolute atomic E-state index is 2.39. The number of hydrogen-bond donors (Lipinski definition) is 0. The average Bonchev–Trinajstić information content (AvgIpc) is 2.91. The Morgan fingerprint density at radius 1 is 0.514 bits per heavy atom. The van der Waals surface area contributed by atoms with Gasteiger partial charge in [0.1, 0.15) is 0 Å². The molecule has 0 fully saturated rings. The molecule has 0 saturated heterocycles. The molecular formula is C34H47N. The van der Waals surface area contributed by atoms with E-state index in [1.807, 2.05) is 0 Å². The normalized spacial score (nSPS) is 12.9. The van der Waals surface area contributed by atoms with Crippen LogP contribution < -0.4 is 4.90 Å². The summed E-state index contributed by atoms with van der Waals surface area (Å²) in [5.41, 5.74) is 6.57. The highest BCUT2D eigenvalue weighted by molar-refractivity contribution is 5.76. The van der Waals surface area contributed by atoms with Crippen LogP contribution in [0.15, 0.2) is 78.9 Å². The van der Waals surface area contributed by atoms with Crippen molar-refractivity contribution in [2.75, 3.05) is 4.90 Å². The molecule has 0 amide bonds. The van der Waals surface area contributed by atoms with Gasteiger partial charge in [0.15, 0.2) is 0 Å². The van der Waals surface area contributed by atoms with Gasteiger partial charge in [-0.15, -0.1) is 0 Å². The van der Waals surface area contributed by atoms with Crippen LogP contribution in [0, 0.1) is 11.8 Å². The van der Waals surface area contributed by atoms with Crippen molar-refractivity contribution in [2.45, 2.75) is 91.9 Å². The van der Waals surface area contributed by atoms with Gasteiger partial charge >= 0.3 is 0 Å². The monoisotopic (exact) mass is 469 g/mol. The molecule has 0 aromatic heterocycles. The summed E-state index contributed by atoms with van der Waals surface area (Å²) < 4.78 is 0. The zero-order chi connectivity index (χ0) is 24.9. The van der Waals surface area contributed by atoms with Gasteiger partial charge in [-0.3, -0.25) is 0 Å². The molecule has 0 aliphatic heterocycles. The third-order valence-electron chi connectivity index (χ3n) is 7.54. The fourth-order valence-corrected chi connectivity index (χ4v) is 5.14. The van der Waals surface area contributed by atoms with Crippen LogP contribution in [0.25, 0.3) is 0 Å². The maximum Gasteiger partial charge on any atom is 0.0461 e. The van der Waals surface area contributed by atoms with Crippen molar-refractivity contribution in [3.63, 3.8) is 0 Å². The lowest BCUT2D eigenvalue weighted by atomic mass is 9.91. The zero-order valence-electron chi connectivity index (χ0n) is 22.7. The molecule has 1 heteroatoms. The molecule has 0 radical (unpaired) electrons. The van der Waals surface area contributed by atoms with Crippen molar-refractivity contribution >= 4 is 17.1 Å². The molecule has 0 spiro atoms. The molecule has 0 N–H and O–H groups in total. The van der Waals surface area contributed by atoms with E-state index in [0.29, 0.717) is 0 Å². The second kappa shape index (κ2) is 14.8. The summed E-state index contributed by atoms with van der Waals surface area (Å²) in [6.45, 7) is 9.26. The Morgan fingerprint density at radius 2 is 0.914 bits per heavy atom. The lowest BCUT2D eigenvalue weighted by Gasteiger charge is -2.26. The number of rotatable bonds is 15. The number of nitrogens with zero attached hydrogens (tertiary/aromatic N) is 1. The molecule has 0 aliphatic rings. The predicted octanol–water partition coefficient (Wildman–Crippen LogP) is 10.7. The lowest BCUT2D eigenvalue weighted by Crippen LogP contribution is -2.10. The molecular weight excluding hydrogens is 422 g/mol. The van der Waals surface area contributed by atoms with E-state index < -0.39 is 0 Å². The van der Waals surface area contributed by atoms with Crippen LogP contribution in [0.2, 0.25) is 0 Å². The van der Waals surface area contributed by atoms with E-state index in [-0.39, 0.29) is 0 Å². The Balaban J connectivity index is 1.80.